The molecule has 2 heterocycles. The smallest absolute Gasteiger partial charge is 0.295 e. The van der Waals surface area contributed by atoms with Crippen molar-refractivity contribution in [1.82, 2.24) is 0 Å². The normalized spacial score (nSPS) is 49.1. The second-order valence-electron chi connectivity index (χ2n) is 6.04. The molecule has 0 aliphatic carbocycles. The van der Waals surface area contributed by atoms with Gasteiger partial charge in [-0.3, -0.25) is 4.55 Å². The van der Waals surface area contributed by atoms with Crippen molar-refractivity contribution >= 4 is 10.1 Å². The molecule has 7 N–H and O–H groups in total. The minimum Gasteiger partial charge on any atom is -0.388 e. The van der Waals surface area contributed by atoms with E-state index in [1.165, 1.54) is 6.92 Å². The van der Waals surface area contributed by atoms with Gasteiger partial charge in [0, 0.05) is 0 Å². The van der Waals surface area contributed by atoms with Gasteiger partial charge < -0.3 is 44.8 Å². The molecule has 25 heavy (non-hydrogen) atoms. The van der Waals surface area contributed by atoms with Crippen LogP contribution in [0.3, 0.4) is 0 Å². The molecule has 0 spiro atoms. The van der Waals surface area contributed by atoms with Crippen molar-refractivity contribution in [3.63, 3.8) is 0 Å². The summed E-state index contributed by atoms with van der Waals surface area (Å²) in [6.07, 6.45) is -14.2. The molecule has 2 aliphatic rings. The molecule has 148 valence electrons. The fourth-order valence-electron chi connectivity index (χ4n) is 2.64. The fourth-order valence-corrected chi connectivity index (χ4v) is 3.44. The SMILES string of the molecule is C[C@@H]1O[C@@H](OCC2OC(S(=O)(=O)O)C(O)C(O)C2O)[C@H](O)[C@@H](O)[C@H]1O. The van der Waals surface area contributed by atoms with Crippen molar-refractivity contribution in [2.75, 3.05) is 6.61 Å². The van der Waals surface area contributed by atoms with E-state index in [0.717, 1.165) is 0 Å². The highest BCUT2D eigenvalue weighted by molar-refractivity contribution is 7.86. The molecular weight excluding hydrogens is 368 g/mol. The van der Waals surface area contributed by atoms with Crippen molar-refractivity contribution in [2.24, 2.45) is 0 Å². The molecule has 2 aliphatic heterocycles. The lowest BCUT2D eigenvalue weighted by Gasteiger charge is -2.41. The van der Waals surface area contributed by atoms with Gasteiger partial charge in [-0.25, -0.2) is 0 Å². The molecule has 0 aromatic heterocycles. The van der Waals surface area contributed by atoms with Crippen LogP contribution in [-0.4, -0.2) is 111 Å². The van der Waals surface area contributed by atoms with E-state index < -0.39 is 77.3 Å². The molecule has 13 heteroatoms. The summed E-state index contributed by atoms with van der Waals surface area (Å²) in [6, 6.07) is 0. The average Bonchev–Trinajstić information content (AvgIpc) is 2.53. The lowest BCUT2D eigenvalue weighted by atomic mass is 9.99. The van der Waals surface area contributed by atoms with Crippen molar-refractivity contribution in [3.8, 4) is 0 Å². The number of rotatable bonds is 4. The lowest BCUT2D eigenvalue weighted by Crippen LogP contribution is -2.61. The molecule has 0 aromatic carbocycles. The van der Waals surface area contributed by atoms with Crippen LogP contribution >= 0.6 is 0 Å². The van der Waals surface area contributed by atoms with E-state index in [1.54, 1.807) is 0 Å². The first kappa shape index (κ1) is 20.9. The number of ether oxygens (including phenoxy) is 3. The summed E-state index contributed by atoms with van der Waals surface area (Å²) < 4.78 is 46.6. The van der Waals surface area contributed by atoms with Gasteiger partial charge in [-0.1, -0.05) is 0 Å². The molecule has 12 nitrogen and oxygen atoms in total. The summed E-state index contributed by atoms with van der Waals surface area (Å²) in [5.41, 5.74) is -2.21. The maximum atomic E-state index is 11.2. The highest BCUT2D eigenvalue weighted by Crippen LogP contribution is 2.26. The summed E-state index contributed by atoms with van der Waals surface area (Å²) >= 11 is 0. The second-order valence-corrected chi connectivity index (χ2v) is 7.54. The Morgan fingerprint density at radius 3 is 1.96 bits per heavy atom. The van der Waals surface area contributed by atoms with E-state index in [4.69, 9.17) is 18.8 Å². The van der Waals surface area contributed by atoms with E-state index in [0.29, 0.717) is 0 Å². The Kier molecular flexibility index (Phi) is 6.39. The van der Waals surface area contributed by atoms with Gasteiger partial charge in [0.25, 0.3) is 10.1 Å². The first-order valence-electron chi connectivity index (χ1n) is 7.42. The molecule has 0 bridgehead atoms. The minimum atomic E-state index is -4.90. The van der Waals surface area contributed by atoms with Gasteiger partial charge in [-0.2, -0.15) is 8.42 Å². The van der Waals surface area contributed by atoms with E-state index >= 15 is 0 Å². The minimum absolute atomic E-state index is 0.617. The maximum Gasteiger partial charge on any atom is 0.295 e. The fraction of sp³-hybridized carbons (Fsp3) is 1.00. The number of hydrogen-bond acceptors (Lipinski definition) is 11. The quantitative estimate of drug-likeness (QED) is 0.227. The summed E-state index contributed by atoms with van der Waals surface area (Å²) in [5.74, 6) is 0. The molecule has 5 unspecified atom stereocenters. The van der Waals surface area contributed by atoms with Gasteiger partial charge in [0.15, 0.2) is 6.29 Å². The summed E-state index contributed by atoms with van der Waals surface area (Å²) in [4.78, 5) is 0. The van der Waals surface area contributed by atoms with Crippen LogP contribution < -0.4 is 0 Å². The molecule has 10 atom stereocenters. The standard InChI is InChI=1S/C12H22O12S/c1-3-5(13)7(15)9(17)11(23-3)22-2-4-6(14)8(16)10(18)12(24-4)25(19,20)21/h3-18H,2H2,1H3,(H,19,20,21)/t3-,4?,5-,6?,7-,8?,9+,10?,11+,12?/m0/s1. The van der Waals surface area contributed by atoms with Gasteiger partial charge in [0.05, 0.1) is 12.7 Å². The Balaban J connectivity index is 2.04. The molecule has 0 radical (unpaired) electrons. The molecule has 0 amide bonds. The van der Waals surface area contributed by atoms with Gasteiger partial charge in [-0.05, 0) is 6.92 Å². The van der Waals surface area contributed by atoms with Crippen molar-refractivity contribution in [1.29, 1.82) is 0 Å². The molecular formula is C12H22O12S. The molecule has 2 fully saturated rings. The number of aliphatic hydroxyl groups is 6. The zero-order chi connectivity index (χ0) is 19.1. The highest BCUT2D eigenvalue weighted by atomic mass is 32.2. The largest absolute Gasteiger partial charge is 0.388 e. The zero-order valence-electron chi connectivity index (χ0n) is 13.1. The van der Waals surface area contributed by atoms with Crippen LogP contribution in [0.2, 0.25) is 0 Å². The Morgan fingerprint density at radius 1 is 0.840 bits per heavy atom. The van der Waals surface area contributed by atoms with Crippen LogP contribution in [0.25, 0.3) is 0 Å². The molecule has 0 aromatic rings. The van der Waals surface area contributed by atoms with Crippen molar-refractivity contribution < 1.29 is 57.8 Å². The third kappa shape index (κ3) is 4.28. The molecule has 2 rings (SSSR count). The van der Waals surface area contributed by atoms with Crippen molar-refractivity contribution in [2.45, 2.75) is 67.5 Å². The predicted octanol–water partition coefficient (Wildman–Crippen LogP) is -4.47. The van der Waals surface area contributed by atoms with E-state index in [1.807, 2.05) is 0 Å². The first-order chi connectivity index (χ1) is 11.4. The number of aliphatic hydroxyl groups excluding tert-OH is 6. The third-order valence-electron chi connectivity index (χ3n) is 4.20. The average molecular weight is 390 g/mol. The first-order valence-corrected chi connectivity index (χ1v) is 8.92. The van der Waals surface area contributed by atoms with Crippen LogP contribution in [0.1, 0.15) is 6.92 Å². The predicted molar refractivity (Wildman–Crippen MR) is 76.5 cm³/mol. The summed E-state index contributed by atoms with van der Waals surface area (Å²) in [6.45, 7) is 0.796. The Hall–Kier alpha value is -0.450. The van der Waals surface area contributed by atoms with Gasteiger partial charge in [0.2, 0.25) is 5.44 Å². The Morgan fingerprint density at radius 2 is 1.40 bits per heavy atom. The van der Waals surface area contributed by atoms with E-state index in [9.17, 15) is 39.1 Å². The summed E-state index contributed by atoms with van der Waals surface area (Å²) in [7, 11) is -4.90. The van der Waals surface area contributed by atoms with Crippen LogP contribution in [0.15, 0.2) is 0 Å². The topological polar surface area (TPSA) is 203 Å². The van der Waals surface area contributed by atoms with Gasteiger partial charge in [0.1, 0.15) is 42.7 Å². The zero-order valence-corrected chi connectivity index (χ0v) is 13.9. The second kappa shape index (κ2) is 7.66. The maximum absolute atomic E-state index is 11.2. The van der Waals surface area contributed by atoms with Gasteiger partial charge in [-0.15, -0.1) is 0 Å². The van der Waals surface area contributed by atoms with E-state index in [-0.39, 0.29) is 0 Å². The molecule has 0 saturated carbocycles. The Bertz CT molecular complexity index is 554. The lowest BCUT2D eigenvalue weighted by molar-refractivity contribution is -0.305. The van der Waals surface area contributed by atoms with Crippen LogP contribution in [0.5, 0.6) is 0 Å². The van der Waals surface area contributed by atoms with Crippen LogP contribution in [-0.2, 0) is 24.3 Å². The summed E-state index contributed by atoms with van der Waals surface area (Å²) in [5, 5.41) is 58.2. The Labute approximate surface area is 142 Å². The van der Waals surface area contributed by atoms with Crippen LogP contribution in [0, 0.1) is 0 Å². The highest BCUT2D eigenvalue weighted by Gasteiger charge is 2.50. The number of hydrogen-bond donors (Lipinski definition) is 7. The monoisotopic (exact) mass is 390 g/mol. The van der Waals surface area contributed by atoms with Crippen LogP contribution in [0.4, 0.5) is 0 Å². The molecule has 2 saturated heterocycles. The third-order valence-corrected chi connectivity index (χ3v) is 5.17. The van der Waals surface area contributed by atoms with Crippen molar-refractivity contribution in [3.05, 3.63) is 0 Å². The van der Waals surface area contributed by atoms with E-state index in [2.05, 4.69) is 0 Å². The van der Waals surface area contributed by atoms with Gasteiger partial charge >= 0.3 is 0 Å².